The van der Waals surface area contributed by atoms with E-state index in [0.29, 0.717) is 29.9 Å². The summed E-state index contributed by atoms with van der Waals surface area (Å²) < 4.78 is 0. The highest BCUT2D eigenvalue weighted by Crippen LogP contribution is 2.22. The zero-order chi connectivity index (χ0) is 13.8. The topological polar surface area (TPSA) is 95.3 Å². The molecule has 2 aromatic rings. The van der Waals surface area contributed by atoms with Crippen molar-refractivity contribution in [2.24, 2.45) is 0 Å². The Labute approximate surface area is 110 Å². The van der Waals surface area contributed by atoms with Crippen LogP contribution in [0.3, 0.4) is 0 Å². The van der Waals surface area contributed by atoms with Crippen molar-refractivity contribution in [2.75, 3.05) is 24.6 Å². The molecule has 2 rings (SSSR count). The van der Waals surface area contributed by atoms with E-state index < -0.39 is 4.92 Å². The molecular weight excluding hydrogens is 248 g/mol. The van der Waals surface area contributed by atoms with Gasteiger partial charge in [0, 0.05) is 31.8 Å². The molecule has 0 fully saturated rings. The number of nitrogens with zero attached hydrogens (tertiary/aromatic N) is 3. The number of benzene rings is 1. The highest BCUT2D eigenvalue weighted by molar-refractivity contribution is 5.80. The standard InChI is InChI=1S/C12H16N4O3/c1-2-15(6-3-7-17)12-13-10-5-4-9(16(18)19)8-11(10)14-12/h4-5,8,17H,2-3,6-7H2,1H3,(H,13,14). The van der Waals surface area contributed by atoms with Crippen LogP contribution < -0.4 is 4.90 Å². The van der Waals surface area contributed by atoms with Crippen molar-refractivity contribution in [2.45, 2.75) is 13.3 Å². The van der Waals surface area contributed by atoms with Crippen LogP contribution in [0.25, 0.3) is 11.0 Å². The first kappa shape index (κ1) is 13.3. The Morgan fingerprint density at radius 2 is 2.32 bits per heavy atom. The summed E-state index contributed by atoms with van der Waals surface area (Å²) in [4.78, 5) is 19.8. The molecule has 102 valence electrons. The van der Waals surface area contributed by atoms with Gasteiger partial charge in [-0.3, -0.25) is 10.1 Å². The molecule has 0 unspecified atom stereocenters. The molecule has 0 bridgehead atoms. The minimum Gasteiger partial charge on any atom is -0.396 e. The minimum atomic E-state index is -0.427. The molecule has 0 radical (unpaired) electrons. The van der Waals surface area contributed by atoms with Crippen molar-refractivity contribution in [1.82, 2.24) is 9.97 Å². The molecule has 0 saturated heterocycles. The number of aromatic nitrogens is 2. The van der Waals surface area contributed by atoms with E-state index in [1.54, 1.807) is 6.07 Å². The van der Waals surface area contributed by atoms with E-state index in [9.17, 15) is 10.1 Å². The van der Waals surface area contributed by atoms with Gasteiger partial charge in [-0.05, 0) is 19.4 Å². The van der Waals surface area contributed by atoms with Crippen molar-refractivity contribution in [3.05, 3.63) is 28.3 Å². The molecule has 0 saturated carbocycles. The van der Waals surface area contributed by atoms with Gasteiger partial charge >= 0.3 is 0 Å². The van der Waals surface area contributed by atoms with Crippen molar-refractivity contribution >= 4 is 22.7 Å². The van der Waals surface area contributed by atoms with Crippen molar-refractivity contribution < 1.29 is 10.0 Å². The van der Waals surface area contributed by atoms with Gasteiger partial charge in [0.05, 0.1) is 16.0 Å². The number of hydrogen-bond donors (Lipinski definition) is 2. The lowest BCUT2D eigenvalue weighted by molar-refractivity contribution is -0.384. The number of imidazole rings is 1. The number of H-pyrrole nitrogens is 1. The summed E-state index contributed by atoms with van der Waals surface area (Å²) in [6.45, 7) is 3.56. The number of non-ortho nitro benzene ring substituents is 1. The quantitative estimate of drug-likeness (QED) is 0.611. The minimum absolute atomic E-state index is 0.0427. The van der Waals surface area contributed by atoms with E-state index in [2.05, 4.69) is 9.97 Å². The molecule has 0 amide bonds. The highest BCUT2D eigenvalue weighted by Gasteiger charge is 2.12. The summed E-state index contributed by atoms with van der Waals surface area (Å²) >= 11 is 0. The average molecular weight is 264 g/mol. The summed E-state index contributed by atoms with van der Waals surface area (Å²) in [5.74, 6) is 0.673. The van der Waals surface area contributed by atoms with Gasteiger partial charge in [-0.25, -0.2) is 4.98 Å². The van der Waals surface area contributed by atoms with E-state index in [1.165, 1.54) is 12.1 Å². The Morgan fingerprint density at radius 1 is 1.53 bits per heavy atom. The number of nitro groups is 1. The number of aromatic amines is 1. The van der Waals surface area contributed by atoms with Gasteiger partial charge in [0.25, 0.3) is 5.69 Å². The third kappa shape index (κ3) is 2.82. The summed E-state index contributed by atoms with van der Waals surface area (Å²) in [5, 5.41) is 19.6. The summed E-state index contributed by atoms with van der Waals surface area (Å²) in [6.07, 6.45) is 0.658. The third-order valence-corrected chi connectivity index (χ3v) is 2.93. The number of nitro benzene ring substituents is 1. The van der Waals surface area contributed by atoms with E-state index in [0.717, 1.165) is 6.54 Å². The van der Waals surface area contributed by atoms with Crippen LogP contribution in [0, 0.1) is 10.1 Å². The predicted octanol–water partition coefficient (Wildman–Crippen LogP) is 1.68. The number of nitrogens with one attached hydrogen (secondary N) is 1. The summed E-state index contributed by atoms with van der Waals surface area (Å²) in [5.41, 5.74) is 1.39. The van der Waals surface area contributed by atoms with Gasteiger partial charge in [-0.2, -0.15) is 0 Å². The zero-order valence-electron chi connectivity index (χ0n) is 10.7. The fraction of sp³-hybridized carbons (Fsp3) is 0.417. The summed E-state index contributed by atoms with van der Waals surface area (Å²) in [7, 11) is 0. The first-order chi connectivity index (χ1) is 9.15. The Hall–Kier alpha value is -2.15. The first-order valence-electron chi connectivity index (χ1n) is 6.15. The maximum Gasteiger partial charge on any atom is 0.271 e. The molecule has 1 heterocycles. The Kier molecular flexibility index (Phi) is 3.96. The molecule has 0 atom stereocenters. The number of fused-ring (bicyclic) bond motifs is 1. The van der Waals surface area contributed by atoms with Crippen molar-refractivity contribution in [1.29, 1.82) is 0 Å². The molecule has 1 aromatic heterocycles. The predicted molar refractivity (Wildman–Crippen MR) is 72.3 cm³/mol. The fourth-order valence-electron chi connectivity index (χ4n) is 1.92. The number of aliphatic hydroxyl groups is 1. The second-order valence-electron chi connectivity index (χ2n) is 4.18. The summed E-state index contributed by atoms with van der Waals surface area (Å²) in [6, 6.07) is 4.55. The average Bonchev–Trinajstić information content (AvgIpc) is 2.82. The van der Waals surface area contributed by atoms with Crippen LogP contribution in [-0.2, 0) is 0 Å². The van der Waals surface area contributed by atoms with Crippen LogP contribution >= 0.6 is 0 Å². The Balaban J connectivity index is 2.31. The van der Waals surface area contributed by atoms with Crippen LogP contribution in [0.4, 0.5) is 11.6 Å². The van der Waals surface area contributed by atoms with Crippen LogP contribution in [0.15, 0.2) is 18.2 Å². The van der Waals surface area contributed by atoms with E-state index >= 15 is 0 Å². The molecule has 0 spiro atoms. The van der Waals surface area contributed by atoms with Crippen molar-refractivity contribution in [3.63, 3.8) is 0 Å². The molecule has 7 heteroatoms. The molecule has 19 heavy (non-hydrogen) atoms. The molecule has 0 aliphatic carbocycles. The third-order valence-electron chi connectivity index (χ3n) is 2.93. The fourth-order valence-corrected chi connectivity index (χ4v) is 1.92. The number of aliphatic hydroxyl groups excluding tert-OH is 1. The van der Waals surface area contributed by atoms with Crippen molar-refractivity contribution in [3.8, 4) is 0 Å². The highest BCUT2D eigenvalue weighted by atomic mass is 16.6. The molecule has 1 aromatic carbocycles. The van der Waals surface area contributed by atoms with E-state index in [1.807, 2.05) is 11.8 Å². The van der Waals surface area contributed by atoms with Gasteiger partial charge < -0.3 is 15.0 Å². The molecule has 7 nitrogen and oxygen atoms in total. The molecule has 0 aliphatic rings. The first-order valence-corrected chi connectivity index (χ1v) is 6.15. The second-order valence-corrected chi connectivity index (χ2v) is 4.18. The van der Waals surface area contributed by atoms with Crippen LogP contribution in [0.2, 0.25) is 0 Å². The Bertz CT molecular complexity index is 581. The lowest BCUT2D eigenvalue weighted by Crippen LogP contribution is -2.25. The number of hydrogen-bond acceptors (Lipinski definition) is 5. The van der Waals surface area contributed by atoms with Gasteiger partial charge in [-0.15, -0.1) is 0 Å². The largest absolute Gasteiger partial charge is 0.396 e. The second kappa shape index (κ2) is 5.66. The molecular formula is C12H16N4O3. The van der Waals surface area contributed by atoms with Crippen LogP contribution in [-0.4, -0.2) is 39.7 Å². The number of anilines is 1. The lowest BCUT2D eigenvalue weighted by atomic mass is 10.3. The normalized spacial score (nSPS) is 10.8. The van der Waals surface area contributed by atoms with Crippen LogP contribution in [0.5, 0.6) is 0 Å². The van der Waals surface area contributed by atoms with E-state index in [4.69, 9.17) is 5.11 Å². The molecule has 0 aliphatic heterocycles. The van der Waals surface area contributed by atoms with Gasteiger partial charge in [0.1, 0.15) is 0 Å². The lowest BCUT2D eigenvalue weighted by Gasteiger charge is -2.18. The van der Waals surface area contributed by atoms with Gasteiger partial charge in [-0.1, -0.05) is 0 Å². The van der Waals surface area contributed by atoms with E-state index in [-0.39, 0.29) is 12.3 Å². The maximum atomic E-state index is 10.7. The maximum absolute atomic E-state index is 10.7. The monoisotopic (exact) mass is 264 g/mol. The number of rotatable bonds is 6. The van der Waals surface area contributed by atoms with Gasteiger partial charge in [0.2, 0.25) is 5.95 Å². The van der Waals surface area contributed by atoms with Gasteiger partial charge in [0.15, 0.2) is 0 Å². The zero-order valence-corrected chi connectivity index (χ0v) is 10.7. The van der Waals surface area contributed by atoms with Crippen LogP contribution in [0.1, 0.15) is 13.3 Å². The molecule has 2 N–H and O–H groups in total. The smallest absolute Gasteiger partial charge is 0.271 e. The Morgan fingerprint density at radius 3 is 2.95 bits per heavy atom. The SMILES string of the molecule is CCN(CCCO)c1nc2ccc([N+](=O)[O-])cc2[nH]1.